The van der Waals surface area contributed by atoms with Crippen molar-refractivity contribution in [1.29, 1.82) is 0 Å². The molecule has 2 N–H and O–H groups in total. The van der Waals surface area contributed by atoms with E-state index in [1.165, 1.54) is 28.1 Å². The lowest BCUT2D eigenvalue weighted by Crippen LogP contribution is -2.26. The minimum Gasteiger partial charge on any atom is -0.380 e. The highest BCUT2D eigenvalue weighted by atomic mass is 35.5. The van der Waals surface area contributed by atoms with Gasteiger partial charge in [0, 0.05) is 30.1 Å². The second kappa shape index (κ2) is 8.02. The van der Waals surface area contributed by atoms with E-state index in [9.17, 15) is 0 Å². The highest BCUT2D eigenvalue weighted by Crippen LogP contribution is 2.37. The standard InChI is InChI=1S/C20H25ClN2O/c1-24-14-15-4-9-19-17(12-15)6-5-16-7-8-18(21)13-20(16)23(19)11-3-2-10-22/h4,6-9,13H,2-3,5,10-12,14,22H2,1H3. The molecular formula is C20H25ClN2O. The molecule has 1 heterocycles. The number of benzene rings is 1. The third-order valence-corrected chi connectivity index (χ3v) is 4.82. The molecule has 0 atom stereocenters. The third kappa shape index (κ3) is 3.75. The first-order chi connectivity index (χ1) is 11.7. The molecule has 1 aliphatic carbocycles. The van der Waals surface area contributed by atoms with Gasteiger partial charge in [0.2, 0.25) is 0 Å². The van der Waals surface area contributed by atoms with E-state index in [1.807, 2.05) is 6.07 Å². The van der Waals surface area contributed by atoms with Crippen LogP contribution < -0.4 is 10.6 Å². The van der Waals surface area contributed by atoms with Gasteiger partial charge >= 0.3 is 0 Å². The van der Waals surface area contributed by atoms with Gasteiger partial charge in [-0.1, -0.05) is 29.8 Å². The van der Waals surface area contributed by atoms with Crippen molar-refractivity contribution < 1.29 is 4.74 Å². The fourth-order valence-electron chi connectivity index (χ4n) is 3.40. The van der Waals surface area contributed by atoms with Gasteiger partial charge in [-0.15, -0.1) is 0 Å². The number of unbranched alkanes of at least 4 members (excludes halogenated alkanes) is 1. The molecule has 0 amide bonds. The van der Waals surface area contributed by atoms with Gasteiger partial charge in [0.1, 0.15) is 0 Å². The molecule has 0 saturated carbocycles. The zero-order valence-electron chi connectivity index (χ0n) is 14.2. The van der Waals surface area contributed by atoms with Crippen LogP contribution in [0.4, 0.5) is 5.69 Å². The van der Waals surface area contributed by atoms with E-state index in [0.29, 0.717) is 6.61 Å². The Morgan fingerprint density at radius 1 is 1.25 bits per heavy atom. The average Bonchev–Trinajstić information content (AvgIpc) is 2.72. The molecule has 1 aliphatic heterocycles. The summed E-state index contributed by atoms with van der Waals surface area (Å²) in [5.41, 5.74) is 12.2. The number of fused-ring (bicyclic) bond motifs is 2. The van der Waals surface area contributed by atoms with Crippen molar-refractivity contribution in [2.24, 2.45) is 5.73 Å². The van der Waals surface area contributed by atoms with Crippen LogP contribution in [0.3, 0.4) is 0 Å². The summed E-state index contributed by atoms with van der Waals surface area (Å²) >= 11 is 6.28. The Labute approximate surface area is 149 Å². The molecule has 24 heavy (non-hydrogen) atoms. The molecule has 0 aromatic heterocycles. The predicted octanol–water partition coefficient (Wildman–Crippen LogP) is 4.23. The molecule has 0 fully saturated rings. The highest BCUT2D eigenvalue weighted by Gasteiger charge is 2.23. The fraction of sp³-hybridized carbons (Fsp3) is 0.400. The number of halogens is 1. The number of hydrogen-bond acceptors (Lipinski definition) is 3. The maximum absolute atomic E-state index is 6.28. The van der Waals surface area contributed by atoms with Gasteiger partial charge in [0.25, 0.3) is 0 Å². The van der Waals surface area contributed by atoms with Gasteiger partial charge in [-0.05, 0) is 67.1 Å². The number of allylic oxidation sites excluding steroid dienone is 4. The van der Waals surface area contributed by atoms with Gasteiger partial charge < -0.3 is 15.4 Å². The van der Waals surface area contributed by atoms with Gasteiger partial charge in [-0.25, -0.2) is 0 Å². The van der Waals surface area contributed by atoms with E-state index in [0.717, 1.165) is 43.8 Å². The Hall–Kier alpha value is -1.55. The average molecular weight is 345 g/mol. The van der Waals surface area contributed by atoms with Crippen LogP contribution >= 0.6 is 11.6 Å². The van der Waals surface area contributed by atoms with Crippen LogP contribution in [-0.4, -0.2) is 26.8 Å². The summed E-state index contributed by atoms with van der Waals surface area (Å²) in [7, 11) is 1.75. The van der Waals surface area contributed by atoms with Crippen molar-refractivity contribution in [2.75, 3.05) is 31.7 Å². The first kappa shape index (κ1) is 17.3. The van der Waals surface area contributed by atoms with Crippen molar-refractivity contribution in [3.05, 3.63) is 63.9 Å². The predicted molar refractivity (Wildman–Crippen MR) is 102 cm³/mol. The monoisotopic (exact) mass is 344 g/mol. The number of hydrogen-bond donors (Lipinski definition) is 1. The summed E-state index contributed by atoms with van der Waals surface area (Å²) in [6.45, 7) is 2.38. The largest absolute Gasteiger partial charge is 0.380 e. The molecule has 0 radical (unpaired) electrons. The van der Waals surface area contributed by atoms with Crippen LogP contribution in [-0.2, 0) is 11.2 Å². The summed E-state index contributed by atoms with van der Waals surface area (Å²) in [5, 5.41) is 0.785. The van der Waals surface area contributed by atoms with Crippen molar-refractivity contribution >= 4 is 17.3 Å². The van der Waals surface area contributed by atoms with E-state index in [1.54, 1.807) is 7.11 Å². The summed E-state index contributed by atoms with van der Waals surface area (Å²) in [6, 6.07) is 6.21. The lowest BCUT2D eigenvalue weighted by atomic mass is 9.96. The molecule has 0 bridgehead atoms. The Kier molecular flexibility index (Phi) is 5.77. The maximum Gasteiger partial charge on any atom is 0.0679 e. The van der Waals surface area contributed by atoms with E-state index in [4.69, 9.17) is 22.1 Å². The molecule has 3 rings (SSSR count). The number of rotatable bonds is 6. The molecule has 2 aliphatic rings. The van der Waals surface area contributed by atoms with Crippen molar-refractivity contribution in [2.45, 2.75) is 25.7 Å². The molecule has 0 saturated heterocycles. The summed E-state index contributed by atoms with van der Waals surface area (Å²) in [5.74, 6) is 0. The molecule has 128 valence electrons. The fourth-order valence-corrected chi connectivity index (χ4v) is 3.57. The zero-order chi connectivity index (χ0) is 16.9. The number of nitrogens with zero attached hydrogens (tertiary/aromatic N) is 1. The molecule has 3 nitrogen and oxygen atoms in total. The van der Waals surface area contributed by atoms with E-state index in [-0.39, 0.29) is 0 Å². The Morgan fingerprint density at radius 3 is 2.92 bits per heavy atom. The van der Waals surface area contributed by atoms with Crippen LogP contribution in [0.2, 0.25) is 5.02 Å². The topological polar surface area (TPSA) is 38.5 Å². The minimum absolute atomic E-state index is 0.688. The quantitative estimate of drug-likeness (QED) is 0.785. The Balaban J connectivity index is 1.98. The van der Waals surface area contributed by atoms with Gasteiger partial charge in [0.15, 0.2) is 0 Å². The third-order valence-electron chi connectivity index (χ3n) is 4.59. The highest BCUT2D eigenvalue weighted by molar-refractivity contribution is 6.30. The van der Waals surface area contributed by atoms with E-state index in [2.05, 4.69) is 35.3 Å². The van der Waals surface area contributed by atoms with Crippen molar-refractivity contribution in [3.8, 4) is 0 Å². The number of anilines is 1. The zero-order valence-corrected chi connectivity index (χ0v) is 15.0. The van der Waals surface area contributed by atoms with Crippen LogP contribution in [0.5, 0.6) is 0 Å². The molecule has 4 heteroatoms. The minimum atomic E-state index is 0.688. The molecule has 1 aromatic carbocycles. The lowest BCUT2D eigenvalue weighted by molar-refractivity contribution is 0.224. The summed E-state index contributed by atoms with van der Waals surface area (Å²) in [6.07, 6.45) is 10.8. The number of nitrogens with two attached hydrogens (primary N) is 1. The molecule has 0 spiro atoms. The second-order valence-corrected chi connectivity index (χ2v) is 6.78. The summed E-state index contributed by atoms with van der Waals surface area (Å²) in [4.78, 5) is 2.41. The van der Waals surface area contributed by atoms with Crippen molar-refractivity contribution in [3.63, 3.8) is 0 Å². The number of ether oxygens (including phenoxy) is 1. The molecule has 0 unspecified atom stereocenters. The van der Waals surface area contributed by atoms with E-state index < -0.39 is 0 Å². The lowest BCUT2D eigenvalue weighted by Gasteiger charge is -2.31. The Morgan fingerprint density at radius 2 is 2.12 bits per heavy atom. The maximum atomic E-state index is 6.28. The first-order valence-corrected chi connectivity index (χ1v) is 8.95. The Bertz CT molecular complexity index is 691. The van der Waals surface area contributed by atoms with Gasteiger partial charge in [-0.3, -0.25) is 0 Å². The smallest absolute Gasteiger partial charge is 0.0679 e. The first-order valence-electron chi connectivity index (χ1n) is 8.57. The summed E-state index contributed by atoms with van der Waals surface area (Å²) < 4.78 is 5.31. The molecule has 1 aromatic rings. The van der Waals surface area contributed by atoms with Crippen molar-refractivity contribution in [1.82, 2.24) is 0 Å². The van der Waals surface area contributed by atoms with Crippen LogP contribution in [0.15, 0.2) is 53.3 Å². The van der Waals surface area contributed by atoms with Crippen LogP contribution in [0.1, 0.15) is 24.8 Å². The second-order valence-electron chi connectivity index (χ2n) is 6.34. The number of methoxy groups -OCH3 is 1. The SMILES string of the molecule is COCC1=CC=C2C(=CCc3ccc(Cl)cc3N2CCCCN)C1. The van der Waals surface area contributed by atoms with E-state index >= 15 is 0 Å². The normalized spacial score (nSPS) is 16.6. The van der Waals surface area contributed by atoms with Gasteiger partial charge in [-0.2, -0.15) is 0 Å². The van der Waals surface area contributed by atoms with Gasteiger partial charge in [0.05, 0.1) is 6.61 Å². The molecular weight excluding hydrogens is 320 g/mol. The van der Waals surface area contributed by atoms with Crippen LogP contribution in [0.25, 0.3) is 0 Å². The van der Waals surface area contributed by atoms with Crippen LogP contribution in [0, 0.1) is 0 Å².